The third-order valence-electron chi connectivity index (χ3n) is 2.43. The number of hydrogen-bond acceptors (Lipinski definition) is 4. The second kappa shape index (κ2) is 5.69. The number of ether oxygens (including phenoxy) is 2. The zero-order valence-electron chi connectivity index (χ0n) is 10.3. The van der Waals surface area contributed by atoms with Gasteiger partial charge < -0.3 is 15.2 Å². The minimum atomic E-state index is 0.616. The van der Waals surface area contributed by atoms with Gasteiger partial charge in [0.05, 0.1) is 7.11 Å². The quantitative estimate of drug-likeness (QED) is 0.671. The van der Waals surface area contributed by atoms with Crippen LogP contribution in [0.15, 0.2) is 47.4 Å². The summed E-state index contributed by atoms with van der Waals surface area (Å²) in [6.07, 6.45) is 2.04. The van der Waals surface area contributed by atoms with E-state index >= 15 is 0 Å². The van der Waals surface area contributed by atoms with Crippen molar-refractivity contribution in [2.75, 3.05) is 19.1 Å². The largest absolute Gasteiger partial charge is 0.497 e. The van der Waals surface area contributed by atoms with E-state index in [9.17, 15) is 0 Å². The first kappa shape index (κ1) is 12.6. The molecule has 0 aromatic heterocycles. The Morgan fingerprint density at radius 1 is 0.944 bits per heavy atom. The van der Waals surface area contributed by atoms with Gasteiger partial charge in [-0.2, -0.15) is 0 Å². The Bertz CT molecular complexity index is 526. The lowest BCUT2D eigenvalue weighted by Crippen LogP contribution is -1.91. The molecule has 0 amide bonds. The van der Waals surface area contributed by atoms with Crippen LogP contribution >= 0.6 is 11.8 Å². The van der Waals surface area contributed by atoms with Crippen molar-refractivity contribution in [3.8, 4) is 17.2 Å². The van der Waals surface area contributed by atoms with Crippen molar-refractivity contribution in [3.05, 3.63) is 42.5 Å². The summed E-state index contributed by atoms with van der Waals surface area (Å²) in [5.41, 5.74) is 6.39. The van der Waals surface area contributed by atoms with Crippen LogP contribution in [0.5, 0.6) is 17.2 Å². The van der Waals surface area contributed by atoms with Gasteiger partial charge in [0.15, 0.2) is 0 Å². The molecule has 2 aromatic carbocycles. The molecule has 3 nitrogen and oxygen atoms in total. The van der Waals surface area contributed by atoms with Gasteiger partial charge in [0.1, 0.15) is 17.2 Å². The zero-order chi connectivity index (χ0) is 13.0. The van der Waals surface area contributed by atoms with Crippen LogP contribution < -0.4 is 15.2 Å². The van der Waals surface area contributed by atoms with E-state index in [1.807, 2.05) is 30.5 Å². The molecule has 0 aliphatic carbocycles. The Labute approximate surface area is 111 Å². The molecular formula is C14H15NO2S. The molecule has 0 fully saturated rings. The van der Waals surface area contributed by atoms with E-state index in [0.29, 0.717) is 17.2 Å². The number of nitrogen functional groups attached to an aromatic ring is 1. The van der Waals surface area contributed by atoms with Crippen molar-refractivity contribution in [1.29, 1.82) is 0 Å². The van der Waals surface area contributed by atoms with Crippen molar-refractivity contribution < 1.29 is 9.47 Å². The van der Waals surface area contributed by atoms with Crippen molar-refractivity contribution in [3.63, 3.8) is 0 Å². The van der Waals surface area contributed by atoms with Gasteiger partial charge in [-0.05, 0) is 30.5 Å². The number of rotatable bonds is 4. The summed E-state index contributed by atoms with van der Waals surface area (Å²) in [6, 6.07) is 13.2. The fourth-order valence-corrected chi connectivity index (χ4v) is 1.96. The molecule has 0 atom stereocenters. The molecule has 4 heteroatoms. The van der Waals surface area contributed by atoms with Gasteiger partial charge in [0.2, 0.25) is 0 Å². The van der Waals surface area contributed by atoms with Gasteiger partial charge in [-0.1, -0.05) is 0 Å². The van der Waals surface area contributed by atoms with E-state index in [0.717, 1.165) is 5.75 Å². The molecule has 0 saturated heterocycles. The van der Waals surface area contributed by atoms with E-state index in [1.54, 1.807) is 37.1 Å². The standard InChI is InChI=1S/C14H15NO2S/c1-16-12-7-10(15)8-13(9-12)17-11-3-5-14(18-2)6-4-11/h3-9H,15H2,1-2H3. The second-order valence-corrected chi connectivity index (χ2v) is 4.60. The number of benzene rings is 2. The minimum Gasteiger partial charge on any atom is -0.497 e. The molecule has 2 N–H and O–H groups in total. The second-order valence-electron chi connectivity index (χ2n) is 3.72. The molecule has 0 spiro atoms. The average molecular weight is 261 g/mol. The van der Waals surface area contributed by atoms with Crippen LogP contribution in [0.4, 0.5) is 5.69 Å². The monoisotopic (exact) mass is 261 g/mol. The highest BCUT2D eigenvalue weighted by atomic mass is 32.2. The summed E-state index contributed by atoms with van der Waals surface area (Å²) in [5, 5.41) is 0. The lowest BCUT2D eigenvalue weighted by atomic mass is 10.3. The maximum absolute atomic E-state index is 5.77. The Morgan fingerprint density at radius 3 is 2.22 bits per heavy atom. The molecule has 2 rings (SSSR count). The third-order valence-corrected chi connectivity index (χ3v) is 3.18. The molecule has 2 aromatic rings. The lowest BCUT2D eigenvalue weighted by molar-refractivity contribution is 0.409. The highest BCUT2D eigenvalue weighted by molar-refractivity contribution is 7.98. The van der Waals surface area contributed by atoms with Crippen LogP contribution in [0.25, 0.3) is 0 Å². The van der Waals surface area contributed by atoms with E-state index in [1.165, 1.54) is 4.90 Å². The minimum absolute atomic E-state index is 0.616. The van der Waals surface area contributed by atoms with Gasteiger partial charge in [-0.15, -0.1) is 11.8 Å². The Morgan fingerprint density at radius 2 is 1.61 bits per heavy atom. The van der Waals surface area contributed by atoms with Crippen molar-refractivity contribution in [1.82, 2.24) is 0 Å². The highest BCUT2D eigenvalue weighted by Gasteiger charge is 2.02. The predicted octanol–water partition coefficient (Wildman–Crippen LogP) is 3.79. The van der Waals surface area contributed by atoms with Crippen LogP contribution in [0.2, 0.25) is 0 Å². The predicted molar refractivity (Wildman–Crippen MR) is 75.7 cm³/mol. The number of thioether (sulfide) groups is 1. The van der Waals surface area contributed by atoms with Crippen molar-refractivity contribution in [2.45, 2.75) is 4.90 Å². The van der Waals surface area contributed by atoms with E-state index in [4.69, 9.17) is 15.2 Å². The highest BCUT2D eigenvalue weighted by Crippen LogP contribution is 2.29. The summed E-state index contributed by atoms with van der Waals surface area (Å²) in [4.78, 5) is 1.20. The first-order valence-electron chi connectivity index (χ1n) is 5.48. The molecule has 0 bridgehead atoms. The molecule has 0 unspecified atom stereocenters. The van der Waals surface area contributed by atoms with E-state index in [-0.39, 0.29) is 0 Å². The molecule has 0 aliphatic rings. The molecule has 0 saturated carbocycles. The fourth-order valence-electron chi connectivity index (χ4n) is 1.55. The Balaban J connectivity index is 2.19. The van der Waals surface area contributed by atoms with Crippen molar-refractivity contribution >= 4 is 17.4 Å². The number of hydrogen-bond donors (Lipinski definition) is 1. The topological polar surface area (TPSA) is 44.5 Å². The average Bonchev–Trinajstić information content (AvgIpc) is 2.39. The SMILES string of the molecule is COc1cc(N)cc(Oc2ccc(SC)cc2)c1. The van der Waals surface area contributed by atoms with Gasteiger partial charge in [-0.25, -0.2) is 0 Å². The van der Waals surface area contributed by atoms with Crippen LogP contribution in [0.3, 0.4) is 0 Å². The summed E-state index contributed by atoms with van der Waals surface area (Å²) >= 11 is 1.70. The maximum atomic E-state index is 5.77. The van der Waals surface area contributed by atoms with Crippen LogP contribution in [0, 0.1) is 0 Å². The third kappa shape index (κ3) is 3.11. The van der Waals surface area contributed by atoms with Crippen LogP contribution in [-0.2, 0) is 0 Å². The summed E-state index contributed by atoms with van der Waals surface area (Å²) in [6.45, 7) is 0. The number of methoxy groups -OCH3 is 1. The summed E-state index contributed by atoms with van der Waals surface area (Å²) in [7, 11) is 1.60. The Hall–Kier alpha value is -1.81. The van der Waals surface area contributed by atoms with Gasteiger partial charge in [-0.3, -0.25) is 0 Å². The molecule has 94 valence electrons. The first-order chi connectivity index (χ1) is 8.71. The smallest absolute Gasteiger partial charge is 0.133 e. The lowest BCUT2D eigenvalue weighted by Gasteiger charge is -2.09. The van der Waals surface area contributed by atoms with Gasteiger partial charge in [0.25, 0.3) is 0 Å². The molecule has 0 heterocycles. The van der Waals surface area contributed by atoms with Crippen molar-refractivity contribution in [2.24, 2.45) is 0 Å². The molecule has 18 heavy (non-hydrogen) atoms. The molecular weight excluding hydrogens is 246 g/mol. The summed E-state index contributed by atoms with van der Waals surface area (Å²) < 4.78 is 10.9. The zero-order valence-corrected chi connectivity index (χ0v) is 11.2. The number of nitrogens with two attached hydrogens (primary N) is 1. The van der Waals surface area contributed by atoms with Gasteiger partial charge >= 0.3 is 0 Å². The maximum Gasteiger partial charge on any atom is 0.133 e. The van der Waals surface area contributed by atoms with E-state index in [2.05, 4.69) is 0 Å². The molecule has 0 radical (unpaired) electrons. The van der Waals surface area contributed by atoms with E-state index < -0.39 is 0 Å². The summed E-state index contributed by atoms with van der Waals surface area (Å²) in [5.74, 6) is 2.13. The van der Waals surface area contributed by atoms with Crippen LogP contribution in [0.1, 0.15) is 0 Å². The normalized spacial score (nSPS) is 10.1. The fraction of sp³-hybridized carbons (Fsp3) is 0.143. The van der Waals surface area contributed by atoms with Crippen LogP contribution in [-0.4, -0.2) is 13.4 Å². The van der Waals surface area contributed by atoms with Gasteiger partial charge in [0, 0.05) is 28.8 Å². The first-order valence-corrected chi connectivity index (χ1v) is 6.70. The number of anilines is 1. The molecule has 0 aliphatic heterocycles. The Kier molecular flexibility index (Phi) is 3.99.